The van der Waals surface area contributed by atoms with E-state index in [0.29, 0.717) is 19.5 Å². The van der Waals surface area contributed by atoms with Crippen molar-refractivity contribution in [2.24, 2.45) is 0 Å². The molecule has 0 spiro atoms. The van der Waals surface area contributed by atoms with E-state index in [1.165, 1.54) is 0 Å². The Morgan fingerprint density at radius 3 is 2.33 bits per heavy atom. The van der Waals surface area contributed by atoms with Gasteiger partial charge in [-0.3, -0.25) is 9.69 Å². The first kappa shape index (κ1) is 18.1. The zero-order valence-electron chi connectivity index (χ0n) is 13.7. The average Bonchev–Trinajstić information content (AvgIpc) is 2.61. The van der Waals surface area contributed by atoms with Crippen molar-refractivity contribution in [1.82, 2.24) is 4.90 Å². The van der Waals surface area contributed by atoms with Crippen LogP contribution in [0.3, 0.4) is 0 Å². The van der Waals surface area contributed by atoms with Crippen molar-refractivity contribution in [2.45, 2.75) is 6.42 Å². The maximum Gasteiger partial charge on any atom is 0.238 e. The predicted molar refractivity (Wildman–Crippen MR) is 95.7 cm³/mol. The molecule has 0 saturated carbocycles. The van der Waals surface area contributed by atoms with E-state index in [9.17, 15) is 4.79 Å². The van der Waals surface area contributed by atoms with Gasteiger partial charge < -0.3 is 15.5 Å². The molecule has 0 fully saturated rings. The Bertz CT molecular complexity index is 632. The second-order valence-corrected chi connectivity index (χ2v) is 5.54. The molecule has 0 aliphatic heterocycles. The van der Waals surface area contributed by atoms with E-state index in [0.717, 1.165) is 16.8 Å². The lowest BCUT2D eigenvalue weighted by Crippen LogP contribution is -2.36. The zero-order valence-corrected chi connectivity index (χ0v) is 13.7. The Kier molecular flexibility index (Phi) is 7.42. The zero-order chi connectivity index (χ0) is 17.2. The van der Waals surface area contributed by atoms with E-state index < -0.39 is 0 Å². The van der Waals surface area contributed by atoms with Crippen LogP contribution in [-0.2, 0) is 4.79 Å². The highest BCUT2D eigenvalue weighted by Crippen LogP contribution is 2.27. The van der Waals surface area contributed by atoms with Gasteiger partial charge in [-0.2, -0.15) is 0 Å². The summed E-state index contributed by atoms with van der Waals surface area (Å²) in [5.41, 5.74) is 2.77. The molecule has 128 valence electrons. The largest absolute Gasteiger partial charge is 0.396 e. The Morgan fingerprint density at radius 1 is 0.917 bits per heavy atom. The van der Waals surface area contributed by atoms with Gasteiger partial charge >= 0.3 is 0 Å². The van der Waals surface area contributed by atoms with Crippen molar-refractivity contribution < 1.29 is 15.0 Å². The highest BCUT2D eigenvalue weighted by Gasteiger charge is 2.12. The second kappa shape index (κ2) is 9.82. The topological polar surface area (TPSA) is 72.8 Å². The first-order valence-electron chi connectivity index (χ1n) is 8.13. The molecule has 5 heteroatoms. The van der Waals surface area contributed by atoms with Crippen LogP contribution in [0.25, 0.3) is 11.1 Å². The van der Waals surface area contributed by atoms with Crippen LogP contribution in [0.15, 0.2) is 54.6 Å². The van der Waals surface area contributed by atoms with E-state index >= 15 is 0 Å². The van der Waals surface area contributed by atoms with Gasteiger partial charge in [-0.05, 0) is 18.1 Å². The molecule has 2 aromatic rings. The molecule has 0 atom stereocenters. The molecule has 2 rings (SSSR count). The monoisotopic (exact) mass is 328 g/mol. The van der Waals surface area contributed by atoms with Crippen LogP contribution in [0.1, 0.15) is 6.42 Å². The van der Waals surface area contributed by atoms with Crippen LogP contribution < -0.4 is 5.32 Å². The standard InChI is InChI=1S/C19H24N2O3/c22-13-6-11-21(12-14-23)15-19(24)20-18-10-5-4-9-17(18)16-7-2-1-3-8-16/h1-5,7-10,22-23H,6,11-15H2,(H,20,24). The van der Waals surface area contributed by atoms with Crippen molar-refractivity contribution in [2.75, 3.05) is 38.2 Å². The molecule has 0 radical (unpaired) electrons. The van der Waals surface area contributed by atoms with Gasteiger partial charge in [-0.15, -0.1) is 0 Å². The molecule has 0 bridgehead atoms. The smallest absolute Gasteiger partial charge is 0.238 e. The first-order valence-corrected chi connectivity index (χ1v) is 8.13. The SMILES string of the molecule is O=C(CN(CCO)CCCO)Nc1ccccc1-c1ccccc1. The summed E-state index contributed by atoms with van der Waals surface area (Å²) in [4.78, 5) is 14.2. The lowest BCUT2D eigenvalue weighted by atomic mass is 10.0. The molecule has 0 saturated heterocycles. The van der Waals surface area contributed by atoms with Crippen molar-refractivity contribution in [1.29, 1.82) is 0 Å². The van der Waals surface area contributed by atoms with E-state index in [1.807, 2.05) is 59.5 Å². The van der Waals surface area contributed by atoms with Crippen molar-refractivity contribution in [3.8, 4) is 11.1 Å². The molecule has 0 aromatic heterocycles. The predicted octanol–water partition coefficient (Wildman–Crippen LogP) is 1.97. The number of nitrogens with zero attached hydrogens (tertiary/aromatic N) is 1. The minimum atomic E-state index is -0.134. The fraction of sp³-hybridized carbons (Fsp3) is 0.316. The van der Waals surface area contributed by atoms with Crippen molar-refractivity contribution >= 4 is 11.6 Å². The van der Waals surface area contributed by atoms with Crippen LogP contribution >= 0.6 is 0 Å². The van der Waals surface area contributed by atoms with Crippen LogP contribution in [0, 0.1) is 0 Å². The van der Waals surface area contributed by atoms with E-state index in [2.05, 4.69) is 5.32 Å². The molecule has 0 aliphatic rings. The summed E-state index contributed by atoms with van der Waals surface area (Å²) < 4.78 is 0. The molecule has 24 heavy (non-hydrogen) atoms. The van der Waals surface area contributed by atoms with Gasteiger partial charge in [0.2, 0.25) is 5.91 Å². The summed E-state index contributed by atoms with van der Waals surface area (Å²) in [7, 11) is 0. The van der Waals surface area contributed by atoms with Crippen molar-refractivity contribution in [3.63, 3.8) is 0 Å². The normalized spacial score (nSPS) is 10.8. The highest BCUT2D eigenvalue weighted by molar-refractivity contribution is 5.96. The van der Waals surface area contributed by atoms with E-state index in [-0.39, 0.29) is 25.7 Å². The molecule has 3 N–H and O–H groups in total. The van der Waals surface area contributed by atoms with Gasteiger partial charge in [-0.25, -0.2) is 0 Å². The quantitative estimate of drug-likeness (QED) is 0.658. The molecule has 2 aromatic carbocycles. The summed E-state index contributed by atoms with van der Waals surface area (Å²) >= 11 is 0. The molecule has 5 nitrogen and oxygen atoms in total. The van der Waals surface area contributed by atoms with E-state index in [1.54, 1.807) is 0 Å². The Hall–Kier alpha value is -2.21. The molecule has 1 amide bonds. The van der Waals surface area contributed by atoms with Crippen LogP contribution in [0.4, 0.5) is 5.69 Å². The second-order valence-electron chi connectivity index (χ2n) is 5.54. The number of hydrogen-bond acceptors (Lipinski definition) is 4. The number of carbonyl (C=O) groups excluding carboxylic acids is 1. The number of carbonyl (C=O) groups is 1. The minimum Gasteiger partial charge on any atom is -0.396 e. The summed E-state index contributed by atoms with van der Waals surface area (Å²) in [6.45, 7) is 1.22. The summed E-state index contributed by atoms with van der Waals surface area (Å²) in [6, 6.07) is 17.6. The van der Waals surface area contributed by atoms with Crippen LogP contribution in [0.5, 0.6) is 0 Å². The average molecular weight is 328 g/mol. The molecule has 0 heterocycles. The molecular formula is C19H24N2O3. The number of rotatable bonds is 9. The molecule has 0 aliphatic carbocycles. The Morgan fingerprint density at radius 2 is 1.62 bits per heavy atom. The summed E-state index contributed by atoms with van der Waals surface area (Å²) in [6.07, 6.45) is 0.577. The maximum absolute atomic E-state index is 12.3. The number of aliphatic hydroxyl groups is 2. The third-order valence-corrected chi connectivity index (χ3v) is 3.70. The minimum absolute atomic E-state index is 0.0146. The summed E-state index contributed by atoms with van der Waals surface area (Å²) in [5.74, 6) is -0.134. The third kappa shape index (κ3) is 5.45. The number of benzene rings is 2. The number of para-hydroxylation sites is 1. The van der Waals surface area contributed by atoms with Gasteiger partial charge in [0.1, 0.15) is 0 Å². The van der Waals surface area contributed by atoms with Crippen molar-refractivity contribution in [3.05, 3.63) is 54.6 Å². The number of nitrogens with one attached hydrogen (secondary N) is 1. The van der Waals surface area contributed by atoms with E-state index in [4.69, 9.17) is 10.2 Å². The summed E-state index contributed by atoms with van der Waals surface area (Å²) in [5, 5.41) is 21.0. The lowest BCUT2D eigenvalue weighted by molar-refractivity contribution is -0.117. The number of aliphatic hydroxyl groups excluding tert-OH is 2. The fourth-order valence-electron chi connectivity index (χ4n) is 2.56. The Labute approximate surface area is 142 Å². The van der Waals surface area contributed by atoms with Gasteiger partial charge in [0.25, 0.3) is 0 Å². The van der Waals surface area contributed by atoms with Crippen LogP contribution in [0.2, 0.25) is 0 Å². The van der Waals surface area contributed by atoms with Gasteiger partial charge in [0.05, 0.1) is 13.2 Å². The highest BCUT2D eigenvalue weighted by atomic mass is 16.3. The number of anilines is 1. The first-order chi connectivity index (χ1) is 11.7. The maximum atomic E-state index is 12.3. The molecule has 0 unspecified atom stereocenters. The third-order valence-electron chi connectivity index (χ3n) is 3.70. The number of hydrogen-bond donors (Lipinski definition) is 3. The van der Waals surface area contributed by atoms with Gasteiger partial charge in [0, 0.05) is 30.9 Å². The Balaban J connectivity index is 2.06. The van der Waals surface area contributed by atoms with Crippen LogP contribution in [-0.4, -0.2) is 53.9 Å². The van der Waals surface area contributed by atoms with Gasteiger partial charge in [0.15, 0.2) is 0 Å². The molecular weight excluding hydrogens is 304 g/mol. The number of amides is 1. The van der Waals surface area contributed by atoms with Gasteiger partial charge in [-0.1, -0.05) is 48.5 Å². The lowest BCUT2D eigenvalue weighted by Gasteiger charge is -2.20. The fourth-order valence-corrected chi connectivity index (χ4v) is 2.56.